The summed E-state index contributed by atoms with van der Waals surface area (Å²) < 4.78 is 2.46. The number of fused-ring (bicyclic) bond motifs is 10. The lowest BCUT2D eigenvalue weighted by molar-refractivity contribution is 0.666. The Morgan fingerprint density at radius 2 is 1.24 bits per heavy atom. The Bertz CT molecular complexity index is 3220. The van der Waals surface area contributed by atoms with E-state index in [1.54, 1.807) is 0 Å². The highest BCUT2D eigenvalue weighted by molar-refractivity contribution is 6.19. The molecule has 0 fully saturated rings. The van der Waals surface area contributed by atoms with Crippen LogP contribution in [0.2, 0.25) is 0 Å². The van der Waals surface area contributed by atoms with Crippen molar-refractivity contribution in [3.63, 3.8) is 0 Å². The normalized spacial score (nSPS) is 14.0. The molecule has 2 nitrogen and oxygen atoms in total. The quantitative estimate of drug-likeness (QED) is 0.179. The van der Waals surface area contributed by atoms with Gasteiger partial charge in [0.15, 0.2) is 0 Å². The summed E-state index contributed by atoms with van der Waals surface area (Å²) in [4.78, 5) is 5.59. The second-order valence-electron chi connectivity index (χ2n) is 15.9. The molecule has 258 valence electrons. The molecule has 0 bridgehead atoms. The van der Waals surface area contributed by atoms with Crippen LogP contribution in [-0.4, -0.2) is 9.55 Å². The van der Waals surface area contributed by atoms with Crippen LogP contribution in [0.1, 0.15) is 36.1 Å². The van der Waals surface area contributed by atoms with E-state index in [0.29, 0.717) is 0 Å². The highest BCUT2D eigenvalue weighted by Gasteiger charge is 2.38. The second kappa shape index (κ2) is 11.1. The molecule has 8 aromatic carbocycles. The van der Waals surface area contributed by atoms with Crippen molar-refractivity contribution in [3.05, 3.63) is 186 Å². The Balaban J connectivity index is 1.18. The largest absolute Gasteiger partial charge is 0.293 e. The number of nitrogens with zero attached hydrogens (tertiary/aromatic N) is 2. The van der Waals surface area contributed by atoms with Crippen LogP contribution in [0.15, 0.2) is 164 Å². The van der Waals surface area contributed by atoms with E-state index in [1.807, 2.05) is 0 Å². The SMILES string of the molecule is CC1(C)c2ccccc2-c2cc3c4c(c5c(cc4c21)c1ccccc1n5-c1cc(-c2ccc4ccccc4c2)cc(-c2ccc4ccccc4c2)n1)CC=C3. The number of benzene rings is 8. The van der Waals surface area contributed by atoms with Crippen LogP contribution in [0.5, 0.6) is 0 Å². The summed E-state index contributed by atoms with van der Waals surface area (Å²) in [6, 6.07) is 58.2. The van der Waals surface area contributed by atoms with Gasteiger partial charge >= 0.3 is 0 Å². The van der Waals surface area contributed by atoms with Gasteiger partial charge in [-0.05, 0) is 126 Å². The summed E-state index contributed by atoms with van der Waals surface area (Å²) in [7, 11) is 0. The van der Waals surface area contributed by atoms with E-state index in [1.165, 1.54) is 93.1 Å². The van der Waals surface area contributed by atoms with Crippen LogP contribution in [-0.2, 0) is 11.8 Å². The third-order valence-corrected chi connectivity index (χ3v) is 12.5. The predicted octanol–water partition coefficient (Wildman–Crippen LogP) is 13.8. The van der Waals surface area contributed by atoms with Crippen molar-refractivity contribution < 1.29 is 0 Å². The number of pyridine rings is 1. The molecule has 0 saturated heterocycles. The van der Waals surface area contributed by atoms with Gasteiger partial charge in [-0.1, -0.05) is 141 Å². The van der Waals surface area contributed by atoms with Crippen LogP contribution < -0.4 is 0 Å². The van der Waals surface area contributed by atoms with Crippen molar-refractivity contribution in [2.24, 2.45) is 0 Å². The third kappa shape index (κ3) is 4.34. The number of allylic oxidation sites excluding steroid dienone is 1. The summed E-state index contributed by atoms with van der Waals surface area (Å²) in [5.74, 6) is 0.931. The average molecular weight is 701 g/mol. The number of para-hydroxylation sites is 1. The monoisotopic (exact) mass is 700 g/mol. The molecule has 0 aliphatic heterocycles. The zero-order valence-electron chi connectivity index (χ0n) is 30.8. The fourth-order valence-electron chi connectivity index (χ4n) is 10.00. The molecule has 0 atom stereocenters. The van der Waals surface area contributed by atoms with E-state index >= 15 is 0 Å². The number of rotatable bonds is 3. The highest BCUT2D eigenvalue weighted by atomic mass is 15.1. The fraction of sp³-hybridized carbons (Fsp3) is 0.0755. The molecule has 0 spiro atoms. The minimum atomic E-state index is -0.112. The van der Waals surface area contributed by atoms with Crippen LogP contribution in [0.3, 0.4) is 0 Å². The van der Waals surface area contributed by atoms with Gasteiger partial charge in [-0.2, -0.15) is 0 Å². The zero-order chi connectivity index (χ0) is 36.4. The molecule has 0 unspecified atom stereocenters. The minimum Gasteiger partial charge on any atom is -0.293 e. The Hall–Kier alpha value is -6.77. The van der Waals surface area contributed by atoms with E-state index in [4.69, 9.17) is 4.98 Å². The first-order valence-corrected chi connectivity index (χ1v) is 19.3. The van der Waals surface area contributed by atoms with Crippen LogP contribution in [0.25, 0.3) is 99.5 Å². The Morgan fingerprint density at radius 1 is 0.545 bits per heavy atom. The molecule has 2 heteroatoms. The van der Waals surface area contributed by atoms with Crippen molar-refractivity contribution in [1.82, 2.24) is 9.55 Å². The molecule has 2 aliphatic rings. The van der Waals surface area contributed by atoms with Gasteiger partial charge in [0, 0.05) is 21.8 Å². The fourth-order valence-corrected chi connectivity index (χ4v) is 10.00. The van der Waals surface area contributed by atoms with Crippen molar-refractivity contribution in [1.29, 1.82) is 0 Å². The second-order valence-corrected chi connectivity index (χ2v) is 15.9. The van der Waals surface area contributed by atoms with Crippen LogP contribution in [0, 0.1) is 0 Å². The first-order chi connectivity index (χ1) is 27.0. The first kappa shape index (κ1) is 30.7. The molecular formula is C53H36N2. The lowest BCUT2D eigenvalue weighted by Crippen LogP contribution is -2.16. The van der Waals surface area contributed by atoms with Gasteiger partial charge in [-0.25, -0.2) is 4.98 Å². The van der Waals surface area contributed by atoms with Gasteiger partial charge in [0.1, 0.15) is 5.82 Å². The van der Waals surface area contributed by atoms with Gasteiger partial charge in [0.25, 0.3) is 0 Å². The summed E-state index contributed by atoms with van der Waals surface area (Å²) in [6.45, 7) is 4.81. The molecule has 12 rings (SSSR count). The van der Waals surface area contributed by atoms with Crippen molar-refractivity contribution in [2.45, 2.75) is 25.7 Å². The number of hydrogen-bond acceptors (Lipinski definition) is 1. The smallest absolute Gasteiger partial charge is 0.138 e. The number of aromatic nitrogens is 2. The predicted molar refractivity (Wildman–Crippen MR) is 232 cm³/mol. The van der Waals surface area contributed by atoms with Crippen molar-refractivity contribution in [2.75, 3.05) is 0 Å². The summed E-state index contributed by atoms with van der Waals surface area (Å²) >= 11 is 0. The standard InChI is InChI=1S/C53H36N2/c1-53(2)46-20-9-7-17-40(46)43-28-38-16-11-19-42-50(38)45(51(43)53)31-44-41-18-8-10-21-48(41)55(52(42)44)49-30-39(36-24-22-32-12-3-5-14-34(32)26-36)29-47(54-49)37-25-23-33-13-4-6-15-35(33)27-37/h3-18,20-31H,19H2,1-2H3. The molecular weight excluding hydrogens is 665 g/mol. The Morgan fingerprint density at radius 3 is 2.05 bits per heavy atom. The van der Waals surface area contributed by atoms with Crippen LogP contribution in [0.4, 0.5) is 0 Å². The molecule has 2 aromatic heterocycles. The maximum Gasteiger partial charge on any atom is 0.138 e. The summed E-state index contributed by atoms with van der Waals surface area (Å²) in [5, 5.41) is 10.2. The zero-order valence-corrected chi connectivity index (χ0v) is 30.8. The molecule has 55 heavy (non-hydrogen) atoms. The van der Waals surface area contributed by atoms with E-state index in [-0.39, 0.29) is 5.41 Å². The van der Waals surface area contributed by atoms with Crippen LogP contribution >= 0.6 is 0 Å². The lowest BCUT2D eigenvalue weighted by Gasteiger charge is -2.26. The first-order valence-electron chi connectivity index (χ1n) is 19.3. The van der Waals surface area contributed by atoms with Gasteiger partial charge < -0.3 is 0 Å². The van der Waals surface area contributed by atoms with Crippen molar-refractivity contribution in [3.8, 4) is 39.3 Å². The third-order valence-electron chi connectivity index (χ3n) is 12.5. The maximum atomic E-state index is 5.59. The number of hydrogen-bond donors (Lipinski definition) is 0. The lowest BCUT2D eigenvalue weighted by atomic mass is 9.78. The van der Waals surface area contributed by atoms with Gasteiger partial charge in [0.05, 0.1) is 16.7 Å². The van der Waals surface area contributed by atoms with E-state index in [2.05, 4.69) is 188 Å². The topological polar surface area (TPSA) is 17.8 Å². The summed E-state index contributed by atoms with van der Waals surface area (Å²) in [5.41, 5.74) is 15.0. The van der Waals surface area contributed by atoms with E-state index in [9.17, 15) is 0 Å². The molecule has 0 saturated carbocycles. The maximum absolute atomic E-state index is 5.59. The van der Waals surface area contributed by atoms with E-state index in [0.717, 1.165) is 29.1 Å². The van der Waals surface area contributed by atoms with Gasteiger partial charge in [-0.15, -0.1) is 0 Å². The Kier molecular flexibility index (Phi) is 6.21. The molecule has 0 radical (unpaired) electrons. The molecule has 2 aliphatic carbocycles. The highest BCUT2D eigenvalue weighted by Crippen LogP contribution is 2.54. The molecule has 2 heterocycles. The summed E-state index contributed by atoms with van der Waals surface area (Å²) in [6.07, 6.45) is 5.57. The van der Waals surface area contributed by atoms with Gasteiger partial charge in [0.2, 0.25) is 0 Å². The molecule has 10 aromatic rings. The van der Waals surface area contributed by atoms with Crippen molar-refractivity contribution >= 4 is 60.2 Å². The average Bonchev–Trinajstić information content (AvgIpc) is 3.69. The van der Waals surface area contributed by atoms with E-state index < -0.39 is 0 Å². The Labute approximate surface area is 319 Å². The molecule has 0 amide bonds. The molecule has 0 N–H and O–H groups in total. The van der Waals surface area contributed by atoms with Gasteiger partial charge in [-0.3, -0.25) is 4.57 Å². The minimum absolute atomic E-state index is 0.112.